The molecule has 1 amide bonds. The number of benzene rings is 2. The summed E-state index contributed by atoms with van der Waals surface area (Å²) in [6, 6.07) is 13.3. The first kappa shape index (κ1) is 31.7. The van der Waals surface area contributed by atoms with Crippen LogP contribution in [0.5, 0.6) is 5.75 Å². The third kappa shape index (κ3) is 8.60. The number of carbonyl (C=O) groups excluding carboxylic acids is 1. The van der Waals surface area contributed by atoms with E-state index in [1.165, 1.54) is 7.11 Å². The van der Waals surface area contributed by atoms with Crippen LogP contribution in [0.25, 0.3) is 11.1 Å². The summed E-state index contributed by atoms with van der Waals surface area (Å²) in [5.41, 5.74) is -3.26. The van der Waals surface area contributed by atoms with Gasteiger partial charge in [-0.2, -0.15) is 26.6 Å². The van der Waals surface area contributed by atoms with Gasteiger partial charge < -0.3 is 29.0 Å². The number of hydrogen-bond acceptors (Lipinski definition) is 9. The molecular weight excluding hydrogens is 567 g/mol. The Bertz CT molecular complexity index is 1360. The number of methoxy groups -OCH3 is 2. The molecule has 0 radical (unpaired) electrons. The average Bonchev–Trinajstić information content (AvgIpc) is 2.93. The van der Waals surface area contributed by atoms with E-state index in [-0.39, 0.29) is 32.0 Å². The van der Waals surface area contributed by atoms with Gasteiger partial charge in [0.05, 0.1) is 20.3 Å². The molecule has 224 valence electrons. The van der Waals surface area contributed by atoms with E-state index in [2.05, 4.69) is 19.8 Å². The Kier molecular flexibility index (Phi) is 11.0. The van der Waals surface area contributed by atoms with E-state index < -0.39 is 39.2 Å². The van der Waals surface area contributed by atoms with Crippen molar-refractivity contribution in [3.63, 3.8) is 0 Å². The van der Waals surface area contributed by atoms with Crippen molar-refractivity contribution in [2.75, 3.05) is 34.0 Å². The maximum Gasteiger partial charge on any atom is 0.534 e. The Labute approximate surface area is 236 Å². The van der Waals surface area contributed by atoms with Gasteiger partial charge in [-0.3, -0.25) is 4.79 Å². The van der Waals surface area contributed by atoms with Crippen molar-refractivity contribution < 1.29 is 44.8 Å². The van der Waals surface area contributed by atoms with Gasteiger partial charge in [0.2, 0.25) is 0 Å². The summed E-state index contributed by atoms with van der Waals surface area (Å²) < 4.78 is 83.6. The minimum atomic E-state index is -6.10. The van der Waals surface area contributed by atoms with Crippen molar-refractivity contribution in [3.05, 3.63) is 65.7 Å². The van der Waals surface area contributed by atoms with Gasteiger partial charge in [0.15, 0.2) is 11.8 Å². The van der Waals surface area contributed by atoms with Crippen molar-refractivity contribution in [1.29, 1.82) is 0 Å². The standard InChI is InChI=1S/C27H32F3N3O7S/c1-4-5-14-39-24-23(25(34)31-13-15-37-2)32-22(33-26(24)40-41(35,36)27(28,29)30)16-18-9-11-19(12-10-18)20-7-6-8-21(17-20)38-3/h6-12,17,23H,4-5,13-16H2,1-3H3,(H,31,34)(H,32,33). The van der Waals surface area contributed by atoms with E-state index >= 15 is 0 Å². The number of nitrogens with zero attached hydrogens (tertiary/aromatic N) is 1. The lowest BCUT2D eigenvalue weighted by Crippen LogP contribution is -2.51. The van der Waals surface area contributed by atoms with Crippen molar-refractivity contribution in [1.82, 2.24) is 10.6 Å². The molecule has 10 nitrogen and oxygen atoms in total. The fraction of sp³-hybridized carbons (Fsp3) is 0.407. The van der Waals surface area contributed by atoms with E-state index in [0.29, 0.717) is 24.2 Å². The number of halogens is 3. The van der Waals surface area contributed by atoms with Gasteiger partial charge in [-0.15, -0.1) is 0 Å². The van der Waals surface area contributed by atoms with E-state index in [4.69, 9.17) is 14.2 Å². The zero-order chi connectivity index (χ0) is 30.0. The van der Waals surface area contributed by atoms with Crippen LogP contribution in [-0.2, 0) is 35.0 Å². The molecule has 1 unspecified atom stereocenters. The molecule has 0 bridgehead atoms. The van der Waals surface area contributed by atoms with E-state index in [9.17, 15) is 26.4 Å². The minimum Gasteiger partial charge on any atom is -0.497 e. The maximum atomic E-state index is 13.2. The van der Waals surface area contributed by atoms with Gasteiger partial charge in [0.25, 0.3) is 11.8 Å². The highest BCUT2D eigenvalue weighted by atomic mass is 32.2. The Balaban J connectivity index is 1.96. The number of unbranched alkanes of at least 4 members (excludes halogenated alkanes) is 1. The third-order valence-electron chi connectivity index (χ3n) is 5.84. The molecule has 2 N–H and O–H groups in total. The van der Waals surface area contributed by atoms with E-state index in [1.807, 2.05) is 43.3 Å². The first-order valence-electron chi connectivity index (χ1n) is 12.7. The molecule has 0 saturated carbocycles. The first-order valence-corrected chi connectivity index (χ1v) is 14.1. The van der Waals surface area contributed by atoms with Crippen LogP contribution in [0.2, 0.25) is 0 Å². The molecular formula is C27H32F3N3O7S. The predicted molar refractivity (Wildman–Crippen MR) is 145 cm³/mol. The summed E-state index contributed by atoms with van der Waals surface area (Å²) in [5.74, 6) is -1.45. The number of amidine groups is 1. The molecule has 2 aromatic rings. The SMILES string of the molecule is CCCCOC1=C(OS(=O)(=O)C(F)(F)F)N=C(Cc2ccc(-c3cccc(OC)c3)cc2)NC1C(=O)NCCOC. The molecule has 14 heteroatoms. The molecule has 0 aliphatic carbocycles. The van der Waals surface area contributed by atoms with Crippen molar-refractivity contribution in [2.45, 2.75) is 37.7 Å². The van der Waals surface area contributed by atoms with Crippen LogP contribution in [-0.4, -0.2) is 65.7 Å². The number of nitrogens with one attached hydrogen (secondary N) is 2. The molecule has 1 atom stereocenters. The molecule has 0 spiro atoms. The van der Waals surface area contributed by atoms with E-state index in [1.54, 1.807) is 19.2 Å². The number of amides is 1. The number of carbonyl (C=O) groups is 1. The molecule has 1 aliphatic heterocycles. The summed E-state index contributed by atoms with van der Waals surface area (Å²) in [7, 11) is -3.10. The molecule has 3 rings (SSSR count). The molecule has 0 fully saturated rings. The first-order chi connectivity index (χ1) is 19.5. The molecule has 1 heterocycles. The zero-order valence-electron chi connectivity index (χ0n) is 22.8. The fourth-order valence-electron chi connectivity index (χ4n) is 3.71. The smallest absolute Gasteiger partial charge is 0.497 e. The van der Waals surface area contributed by atoms with Crippen molar-refractivity contribution in [2.24, 2.45) is 4.99 Å². The van der Waals surface area contributed by atoms with Crippen LogP contribution in [0.1, 0.15) is 25.3 Å². The quantitative estimate of drug-likeness (QED) is 0.191. The van der Waals surface area contributed by atoms with Gasteiger partial charge in [-0.1, -0.05) is 49.7 Å². The zero-order valence-corrected chi connectivity index (χ0v) is 23.6. The summed E-state index contributed by atoms with van der Waals surface area (Å²) in [6.07, 6.45) is 1.17. The molecule has 1 aliphatic rings. The number of alkyl halides is 3. The van der Waals surface area contributed by atoms with Crippen LogP contribution in [0.4, 0.5) is 13.2 Å². The lowest BCUT2D eigenvalue weighted by molar-refractivity contribution is -0.123. The summed E-state index contributed by atoms with van der Waals surface area (Å²) in [4.78, 5) is 17.0. The lowest BCUT2D eigenvalue weighted by Gasteiger charge is -2.28. The second-order valence-electron chi connectivity index (χ2n) is 8.88. The second-order valence-corrected chi connectivity index (χ2v) is 10.4. The van der Waals surface area contributed by atoms with Gasteiger partial charge >= 0.3 is 15.6 Å². The van der Waals surface area contributed by atoms with E-state index in [0.717, 1.165) is 11.1 Å². The van der Waals surface area contributed by atoms with Crippen LogP contribution in [0, 0.1) is 0 Å². The van der Waals surface area contributed by atoms with Gasteiger partial charge in [0.1, 0.15) is 11.6 Å². The fourth-order valence-corrected chi connectivity index (χ4v) is 4.13. The summed E-state index contributed by atoms with van der Waals surface area (Å²) in [6.45, 7) is 2.10. The van der Waals surface area contributed by atoms with Crippen LogP contribution in [0.3, 0.4) is 0 Å². The Morgan fingerprint density at radius 3 is 2.44 bits per heavy atom. The highest BCUT2D eigenvalue weighted by molar-refractivity contribution is 7.87. The topological polar surface area (TPSA) is 125 Å². The number of ether oxygens (including phenoxy) is 3. The second kappa shape index (κ2) is 14.2. The van der Waals surface area contributed by atoms with Gasteiger partial charge in [-0.25, -0.2) is 0 Å². The monoisotopic (exact) mass is 599 g/mol. The molecule has 2 aromatic carbocycles. The van der Waals surface area contributed by atoms with Crippen LogP contribution < -0.4 is 15.4 Å². The van der Waals surface area contributed by atoms with Crippen LogP contribution >= 0.6 is 0 Å². The molecule has 0 saturated heterocycles. The van der Waals surface area contributed by atoms with Gasteiger partial charge in [-0.05, 0) is 35.2 Å². The Hall–Kier alpha value is -3.78. The predicted octanol–water partition coefficient (Wildman–Crippen LogP) is 3.89. The molecule has 41 heavy (non-hydrogen) atoms. The summed E-state index contributed by atoms with van der Waals surface area (Å²) in [5, 5.41) is 5.44. The molecule has 0 aromatic heterocycles. The van der Waals surface area contributed by atoms with Crippen LogP contribution in [0.15, 0.2) is 65.2 Å². The number of rotatable bonds is 14. The highest BCUT2D eigenvalue weighted by Crippen LogP contribution is 2.30. The Morgan fingerprint density at radius 1 is 1.07 bits per heavy atom. The normalized spacial score (nSPS) is 15.6. The lowest BCUT2D eigenvalue weighted by atomic mass is 10.0. The average molecular weight is 600 g/mol. The largest absolute Gasteiger partial charge is 0.534 e. The highest BCUT2D eigenvalue weighted by Gasteiger charge is 2.50. The van der Waals surface area contributed by atoms with Crippen molar-refractivity contribution in [3.8, 4) is 16.9 Å². The number of aliphatic imine (C=N–C) groups is 1. The van der Waals surface area contributed by atoms with Gasteiger partial charge in [0, 0.05) is 20.1 Å². The Morgan fingerprint density at radius 2 is 1.80 bits per heavy atom. The van der Waals surface area contributed by atoms with Crippen molar-refractivity contribution >= 4 is 21.9 Å². The third-order valence-corrected chi connectivity index (χ3v) is 6.79. The maximum absolute atomic E-state index is 13.2. The summed E-state index contributed by atoms with van der Waals surface area (Å²) >= 11 is 0. The number of hydrogen-bond donors (Lipinski definition) is 2. The minimum absolute atomic E-state index is 0.00115.